The zero-order chi connectivity index (χ0) is 18.0. The van der Waals surface area contributed by atoms with E-state index in [4.69, 9.17) is 5.11 Å². The normalized spacial score (nSPS) is 15.5. The van der Waals surface area contributed by atoms with Crippen molar-refractivity contribution in [2.24, 2.45) is 0 Å². The smallest absolute Gasteiger partial charge is 0.303 e. The Morgan fingerprint density at radius 1 is 0.917 bits per heavy atom. The number of carboxylic acids is 1. The molecule has 0 aliphatic rings. The highest BCUT2D eigenvalue weighted by atomic mass is 16.4. The largest absolute Gasteiger partial charge is 0.481 e. The van der Waals surface area contributed by atoms with E-state index in [1.165, 1.54) is 0 Å². The highest BCUT2D eigenvalue weighted by Crippen LogP contribution is 2.02. The third-order valence-electron chi connectivity index (χ3n) is 3.11. The molecule has 2 atom stereocenters. The van der Waals surface area contributed by atoms with Crippen molar-refractivity contribution in [3.05, 3.63) is 60.8 Å². The Bertz CT molecular complexity index is 458. The third-order valence-corrected chi connectivity index (χ3v) is 3.11. The van der Waals surface area contributed by atoms with Gasteiger partial charge in [0.05, 0.1) is 12.2 Å². The van der Waals surface area contributed by atoms with Crippen molar-refractivity contribution in [2.45, 2.75) is 57.7 Å². The molecular formula is C20H30O4. The van der Waals surface area contributed by atoms with Crippen molar-refractivity contribution < 1.29 is 20.1 Å². The summed E-state index contributed by atoms with van der Waals surface area (Å²) in [5, 5.41) is 27.8. The van der Waals surface area contributed by atoms with E-state index in [1.54, 1.807) is 36.5 Å². The number of hydrogen-bond donors (Lipinski definition) is 3. The van der Waals surface area contributed by atoms with E-state index in [9.17, 15) is 15.0 Å². The number of carboxylic acid groups (broad SMARTS) is 1. The number of aliphatic carboxylic acids is 1. The standard InChI is InChI=1S/C20H30O4/c1-2-3-4-5-6-9-13-18(21)14-10-7-8-11-15-19(22)16-12-17-20(23)24/h3-4,6-11,14-15,18-19,21-22H,2,5,12-13,16-17H2,1H3,(H,23,24)/b4-3+,8-7+,9-6+,14-10+,15-11+. The van der Waals surface area contributed by atoms with Gasteiger partial charge >= 0.3 is 5.97 Å². The van der Waals surface area contributed by atoms with Gasteiger partial charge in [-0.3, -0.25) is 4.79 Å². The molecule has 0 aromatic carbocycles. The second-order valence-electron chi connectivity index (χ2n) is 5.40. The maximum absolute atomic E-state index is 10.3. The highest BCUT2D eigenvalue weighted by Gasteiger charge is 2.01. The minimum absolute atomic E-state index is 0.0741. The summed E-state index contributed by atoms with van der Waals surface area (Å²) < 4.78 is 0. The average molecular weight is 334 g/mol. The van der Waals surface area contributed by atoms with Crippen molar-refractivity contribution in [3.8, 4) is 0 Å². The van der Waals surface area contributed by atoms with Gasteiger partial charge < -0.3 is 15.3 Å². The average Bonchev–Trinajstić information content (AvgIpc) is 2.53. The Hall–Kier alpha value is -1.91. The second kappa shape index (κ2) is 16.0. The molecule has 0 aliphatic carbocycles. The van der Waals surface area contributed by atoms with Crippen LogP contribution in [-0.4, -0.2) is 33.5 Å². The molecule has 0 heterocycles. The molecule has 0 fully saturated rings. The van der Waals surface area contributed by atoms with E-state index in [2.05, 4.69) is 19.1 Å². The molecule has 0 saturated carbocycles. The molecule has 0 amide bonds. The predicted molar refractivity (Wildman–Crippen MR) is 98.7 cm³/mol. The Morgan fingerprint density at radius 3 is 2.17 bits per heavy atom. The molecule has 4 heteroatoms. The fraction of sp³-hybridized carbons (Fsp3) is 0.450. The quantitative estimate of drug-likeness (QED) is 0.352. The van der Waals surface area contributed by atoms with Gasteiger partial charge in [0.1, 0.15) is 0 Å². The van der Waals surface area contributed by atoms with Crippen LogP contribution in [0.3, 0.4) is 0 Å². The zero-order valence-corrected chi connectivity index (χ0v) is 14.4. The number of hydrogen-bond acceptors (Lipinski definition) is 3. The SMILES string of the molecule is CC/C=C/C/C=C/CC(O)/C=C/C=C/C=C/C(O)CCCC(=O)O. The predicted octanol–water partition coefficient (Wildman–Crippen LogP) is 3.93. The number of allylic oxidation sites excluding steroid dienone is 7. The summed E-state index contributed by atoms with van der Waals surface area (Å²) in [7, 11) is 0. The zero-order valence-electron chi connectivity index (χ0n) is 14.4. The van der Waals surface area contributed by atoms with Gasteiger partial charge in [-0.1, -0.05) is 67.7 Å². The lowest BCUT2D eigenvalue weighted by Crippen LogP contribution is -2.03. The van der Waals surface area contributed by atoms with Crippen LogP contribution in [0.15, 0.2) is 60.8 Å². The molecule has 0 saturated heterocycles. The maximum atomic E-state index is 10.3. The lowest BCUT2D eigenvalue weighted by atomic mass is 10.1. The van der Waals surface area contributed by atoms with Crippen LogP contribution in [-0.2, 0) is 4.79 Å². The Labute approximate surface area is 145 Å². The number of aliphatic hydroxyl groups excluding tert-OH is 2. The van der Waals surface area contributed by atoms with Gasteiger partial charge in [-0.2, -0.15) is 0 Å². The van der Waals surface area contributed by atoms with Crippen LogP contribution in [0.5, 0.6) is 0 Å². The minimum atomic E-state index is -0.845. The first-order chi connectivity index (χ1) is 11.6. The molecule has 24 heavy (non-hydrogen) atoms. The Balaban J connectivity index is 3.87. The molecule has 134 valence electrons. The van der Waals surface area contributed by atoms with Crippen molar-refractivity contribution in [3.63, 3.8) is 0 Å². The molecule has 3 N–H and O–H groups in total. The van der Waals surface area contributed by atoms with Crippen LogP contribution in [0, 0.1) is 0 Å². The molecule has 0 aromatic rings. The van der Waals surface area contributed by atoms with Crippen LogP contribution in [0.2, 0.25) is 0 Å². The van der Waals surface area contributed by atoms with Crippen LogP contribution in [0.25, 0.3) is 0 Å². The van der Waals surface area contributed by atoms with Crippen LogP contribution in [0.4, 0.5) is 0 Å². The maximum Gasteiger partial charge on any atom is 0.303 e. The lowest BCUT2D eigenvalue weighted by molar-refractivity contribution is -0.137. The van der Waals surface area contributed by atoms with Gasteiger partial charge in [-0.25, -0.2) is 0 Å². The summed E-state index contributed by atoms with van der Waals surface area (Å²) in [5.41, 5.74) is 0. The molecule has 0 aliphatic heterocycles. The van der Waals surface area contributed by atoms with Gasteiger partial charge in [0, 0.05) is 6.42 Å². The first-order valence-corrected chi connectivity index (χ1v) is 8.45. The van der Waals surface area contributed by atoms with E-state index in [0.29, 0.717) is 19.3 Å². The molecular weight excluding hydrogens is 304 g/mol. The summed E-state index contributed by atoms with van der Waals surface area (Å²) in [4.78, 5) is 10.3. The fourth-order valence-electron chi connectivity index (χ4n) is 1.82. The molecule has 0 aromatic heterocycles. The summed E-state index contributed by atoms with van der Waals surface area (Å²) in [6.07, 6.45) is 20.9. The van der Waals surface area contributed by atoms with Crippen LogP contribution >= 0.6 is 0 Å². The molecule has 0 radical (unpaired) electrons. The molecule has 0 rings (SSSR count). The number of carbonyl (C=O) groups is 1. The van der Waals surface area contributed by atoms with Gasteiger partial charge in [0.15, 0.2) is 0 Å². The summed E-state index contributed by atoms with van der Waals surface area (Å²) in [5.74, 6) is -0.845. The van der Waals surface area contributed by atoms with E-state index in [1.807, 2.05) is 12.2 Å². The van der Waals surface area contributed by atoms with Crippen molar-refractivity contribution in [2.75, 3.05) is 0 Å². The summed E-state index contributed by atoms with van der Waals surface area (Å²) in [6.45, 7) is 2.09. The molecule has 4 nitrogen and oxygen atoms in total. The van der Waals surface area contributed by atoms with Crippen molar-refractivity contribution in [1.29, 1.82) is 0 Å². The topological polar surface area (TPSA) is 77.8 Å². The van der Waals surface area contributed by atoms with Crippen molar-refractivity contribution in [1.82, 2.24) is 0 Å². The second-order valence-corrected chi connectivity index (χ2v) is 5.40. The summed E-state index contributed by atoms with van der Waals surface area (Å²) >= 11 is 0. The van der Waals surface area contributed by atoms with Crippen molar-refractivity contribution >= 4 is 5.97 Å². The van der Waals surface area contributed by atoms with Crippen LogP contribution in [0.1, 0.15) is 45.4 Å². The first-order valence-electron chi connectivity index (χ1n) is 8.45. The number of rotatable bonds is 13. The molecule has 0 spiro atoms. The van der Waals surface area contributed by atoms with E-state index >= 15 is 0 Å². The lowest BCUT2D eigenvalue weighted by Gasteiger charge is -2.02. The molecule has 2 unspecified atom stereocenters. The minimum Gasteiger partial charge on any atom is -0.481 e. The van der Waals surface area contributed by atoms with Gasteiger partial charge in [0.25, 0.3) is 0 Å². The number of aliphatic hydroxyl groups is 2. The Morgan fingerprint density at radius 2 is 1.54 bits per heavy atom. The van der Waals surface area contributed by atoms with Gasteiger partial charge in [0.2, 0.25) is 0 Å². The summed E-state index contributed by atoms with van der Waals surface area (Å²) in [6, 6.07) is 0. The van der Waals surface area contributed by atoms with Gasteiger partial charge in [-0.15, -0.1) is 0 Å². The molecule has 0 bridgehead atoms. The monoisotopic (exact) mass is 334 g/mol. The first kappa shape index (κ1) is 22.1. The van der Waals surface area contributed by atoms with E-state index < -0.39 is 18.2 Å². The fourth-order valence-corrected chi connectivity index (χ4v) is 1.82. The third kappa shape index (κ3) is 16.5. The van der Waals surface area contributed by atoms with E-state index in [0.717, 1.165) is 12.8 Å². The van der Waals surface area contributed by atoms with E-state index in [-0.39, 0.29) is 6.42 Å². The highest BCUT2D eigenvalue weighted by molar-refractivity contribution is 5.66. The van der Waals surface area contributed by atoms with Gasteiger partial charge in [-0.05, 0) is 32.1 Å². The van der Waals surface area contributed by atoms with Crippen LogP contribution < -0.4 is 0 Å². The Kier molecular flexibility index (Phi) is 14.7.